The maximum absolute atomic E-state index is 13.1. The molecule has 0 unspecified atom stereocenters. The lowest BCUT2D eigenvalue weighted by Crippen LogP contribution is -2.25. The lowest BCUT2D eigenvalue weighted by Gasteiger charge is -2.13. The van der Waals surface area contributed by atoms with E-state index in [1.165, 1.54) is 0 Å². The molecule has 0 aliphatic carbocycles. The number of esters is 1. The zero-order valence-electron chi connectivity index (χ0n) is 16.1. The first-order chi connectivity index (χ1) is 14.1. The van der Waals surface area contributed by atoms with Crippen LogP contribution in [-0.4, -0.2) is 29.2 Å². The van der Waals surface area contributed by atoms with Crippen LogP contribution in [0.25, 0.3) is 16.7 Å². The van der Waals surface area contributed by atoms with E-state index in [-0.39, 0.29) is 25.0 Å². The van der Waals surface area contributed by atoms with Crippen molar-refractivity contribution in [1.82, 2.24) is 9.55 Å². The summed E-state index contributed by atoms with van der Waals surface area (Å²) in [5, 5.41) is 8.51. The number of carbonyl (C=O) groups excluding carboxylic acids is 1. The molecule has 3 aromatic rings. The summed E-state index contributed by atoms with van der Waals surface area (Å²) < 4.78 is 11.9. The quantitative estimate of drug-likeness (QED) is 0.432. The fraction of sp³-hybridized carbons (Fsp3) is 0.273. The smallest absolute Gasteiger partial charge is 0.306 e. The van der Waals surface area contributed by atoms with Gasteiger partial charge in [-0.1, -0.05) is 12.1 Å². The summed E-state index contributed by atoms with van der Waals surface area (Å²) in [7, 11) is 1.58. The Labute approximate surface area is 168 Å². The number of aromatic nitrogens is 2. The van der Waals surface area contributed by atoms with Gasteiger partial charge in [0.1, 0.15) is 11.4 Å². The molecular weight excluding hydrogens is 370 g/mol. The van der Waals surface area contributed by atoms with Crippen molar-refractivity contribution in [3.8, 4) is 17.5 Å². The van der Waals surface area contributed by atoms with E-state index in [1.807, 2.05) is 30.3 Å². The predicted octanol–water partition coefficient (Wildman–Crippen LogP) is 3.17. The lowest BCUT2D eigenvalue weighted by molar-refractivity contribution is -0.143. The summed E-state index contributed by atoms with van der Waals surface area (Å²) in [5.41, 5.74) is 2.07. The normalized spacial score (nSPS) is 10.5. The molecule has 0 spiro atoms. The highest BCUT2D eigenvalue weighted by Gasteiger charge is 2.14. The second-order valence-electron chi connectivity index (χ2n) is 6.37. The van der Waals surface area contributed by atoms with Crippen molar-refractivity contribution in [2.24, 2.45) is 0 Å². The number of carbonyl (C=O) groups is 1. The molecule has 0 atom stereocenters. The first-order valence-corrected chi connectivity index (χ1v) is 9.31. The second kappa shape index (κ2) is 9.51. The summed E-state index contributed by atoms with van der Waals surface area (Å²) in [6.45, 7) is 0.202. The molecule has 3 rings (SSSR count). The number of benzene rings is 2. The third-order valence-electron chi connectivity index (χ3n) is 4.42. The highest BCUT2D eigenvalue weighted by atomic mass is 16.5. The van der Waals surface area contributed by atoms with E-state index in [1.54, 1.807) is 35.9 Å². The molecule has 1 aromatic heterocycles. The average molecular weight is 391 g/mol. The molecule has 0 N–H and O–H groups in total. The molecule has 0 aliphatic heterocycles. The van der Waals surface area contributed by atoms with Gasteiger partial charge < -0.3 is 9.47 Å². The summed E-state index contributed by atoms with van der Waals surface area (Å²) in [6.07, 6.45) is 1.07. The van der Waals surface area contributed by atoms with E-state index in [0.29, 0.717) is 41.0 Å². The average Bonchev–Trinajstić information content (AvgIpc) is 2.75. The molecular formula is C22H21N3O4. The molecule has 0 radical (unpaired) electrons. The minimum absolute atomic E-state index is 0.0513. The Hall–Kier alpha value is -3.66. The first-order valence-electron chi connectivity index (χ1n) is 9.31. The maximum Gasteiger partial charge on any atom is 0.306 e. The Morgan fingerprint density at radius 3 is 2.66 bits per heavy atom. The van der Waals surface area contributed by atoms with Crippen molar-refractivity contribution in [1.29, 1.82) is 5.26 Å². The Bertz CT molecular complexity index is 1100. The van der Waals surface area contributed by atoms with Gasteiger partial charge in [0.25, 0.3) is 5.56 Å². The van der Waals surface area contributed by atoms with Gasteiger partial charge in [0.15, 0.2) is 0 Å². The summed E-state index contributed by atoms with van der Waals surface area (Å²) in [4.78, 5) is 29.5. The zero-order valence-corrected chi connectivity index (χ0v) is 16.1. The number of methoxy groups -OCH3 is 1. The third-order valence-corrected chi connectivity index (χ3v) is 4.42. The lowest BCUT2D eigenvalue weighted by atomic mass is 10.2. The molecule has 7 heteroatoms. The van der Waals surface area contributed by atoms with Gasteiger partial charge in [-0.25, -0.2) is 4.98 Å². The number of nitriles is 1. The molecule has 0 bridgehead atoms. The largest absolute Gasteiger partial charge is 0.497 e. The number of hydrogen-bond donors (Lipinski definition) is 0. The number of unbranched alkanes of at least 4 members (excludes halogenated alkanes) is 1. The molecule has 0 saturated carbocycles. The van der Waals surface area contributed by atoms with Crippen LogP contribution in [0.3, 0.4) is 0 Å². The summed E-state index contributed by atoms with van der Waals surface area (Å²) in [5.74, 6) is 0.285. The summed E-state index contributed by atoms with van der Waals surface area (Å²) in [6, 6.07) is 16.6. The van der Waals surface area contributed by atoms with Gasteiger partial charge in [0, 0.05) is 18.5 Å². The molecule has 0 aliphatic rings. The van der Waals surface area contributed by atoms with E-state index in [0.717, 1.165) is 0 Å². The van der Waals surface area contributed by atoms with Gasteiger partial charge in [-0.2, -0.15) is 5.26 Å². The minimum atomic E-state index is -0.409. The van der Waals surface area contributed by atoms with Crippen LogP contribution in [0, 0.1) is 11.3 Å². The topological polar surface area (TPSA) is 94.2 Å². The standard InChI is InChI=1S/C22H21N3O4/c1-28-17-10-8-16(9-11-17)25-20-7-3-2-6-18(20)24-19(22(25)27)12-13-21(26)29-15-5-4-14-23/h2-3,6-11H,4-5,12-13,15H2,1H3. The monoisotopic (exact) mass is 391 g/mol. The van der Waals surface area contributed by atoms with Gasteiger partial charge in [0.2, 0.25) is 0 Å². The first kappa shape index (κ1) is 20.1. The Kier molecular flexibility index (Phi) is 6.59. The van der Waals surface area contributed by atoms with Gasteiger partial charge in [-0.05, 0) is 42.8 Å². The molecule has 29 heavy (non-hydrogen) atoms. The van der Waals surface area contributed by atoms with Gasteiger partial charge in [-0.15, -0.1) is 0 Å². The van der Waals surface area contributed by atoms with Crippen LogP contribution >= 0.6 is 0 Å². The number of hydrogen-bond acceptors (Lipinski definition) is 6. The zero-order chi connectivity index (χ0) is 20.6. The number of aryl methyl sites for hydroxylation is 1. The van der Waals surface area contributed by atoms with Crippen LogP contribution in [0.15, 0.2) is 53.3 Å². The van der Waals surface area contributed by atoms with E-state index in [9.17, 15) is 9.59 Å². The fourth-order valence-corrected chi connectivity index (χ4v) is 2.96. The number of ether oxygens (including phenoxy) is 2. The molecule has 1 heterocycles. The second-order valence-corrected chi connectivity index (χ2v) is 6.37. The van der Waals surface area contributed by atoms with Gasteiger partial charge in [0.05, 0.1) is 37.2 Å². The molecule has 0 fully saturated rings. The number of rotatable bonds is 8. The molecule has 148 valence electrons. The Morgan fingerprint density at radius 1 is 1.17 bits per heavy atom. The van der Waals surface area contributed by atoms with Gasteiger partial charge in [-0.3, -0.25) is 14.2 Å². The summed E-state index contributed by atoms with van der Waals surface area (Å²) >= 11 is 0. The highest BCUT2D eigenvalue weighted by Crippen LogP contribution is 2.19. The van der Waals surface area contributed by atoms with Crippen molar-refractivity contribution in [3.05, 3.63) is 64.6 Å². The van der Waals surface area contributed by atoms with Crippen LogP contribution < -0.4 is 10.3 Å². The maximum atomic E-state index is 13.1. The van der Waals surface area contributed by atoms with E-state index >= 15 is 0 Å². The Morgan fingerprint density at radius 2 is 1.93 bits per heavy atom. The Balaban J connectivity index is 1.89. The number of fused-ring (bicyclic) bond motifs is 1. The molecule has 2 aromatic carbocycles. The van der Waals surface area contributed by atoms with Crippen molar-refractivity contribution < 1.29 is 14.3 Å². The fourth-order valence-electron chi connectivity index (χ4n) is 2.96. The SMILES string of the molecule is COc1ccc(-n2c(=O)c(CCC(=O)OCCCC#N)nc3ccccc32)cc1. The van der Waals surface area contributed by atoms with Crippen molar-refractivity contribution >= 4 is 17.0 Å². The van der Waals surface area contributed by atoms with Crippen LogP contribution in [-0.2, 0) is 16.0 Å². The van der Waals surface area contributed by atoms with E-state index in [2.05, 4.69) is 4.98 Å². The molecule has 0 amide bonds. The predicted molar refractivity (Wildman–Crippen MR) is 108 cm³/mol. The van der Waals surface area contributed by atoms with E-state index < -0.39 is 5.97 Å². The third kappa shape index (κ3) is 4.79. The number of nitrogens with zero attached hydrogens (tertiary/aromatic N) is 3. The minimum Gasteiger partial charge on any atom is -0.497 e. The molecule has 0 saturated heterocycles. The van der Waals surface area contributed by atoms with Crippen LogP contribution in [0.4, 0.5) is 0 Å². The van der Waals surface area contributed by atoms with Crippen molar-refractivity contribution in [3.63, 3.8) is 0 Å². The van der Waals surface area contributed by atoms with Crippen LogP contribution in [0.5, 0.6) is 5.75 Å². The van der Waals surface area contributed by atoms with Gasteiger partial charge >= 0.3 is 5.97 Å². The van der Waals surface area contributed by atoms with Crippen molar-refractivity contribution in [2.45, 2.75) is 25.7 Å². The van der Waals surface area contributed by atoms with Crippen LogP contribution in [0.1, 0.15) is 25.0 Å². The molecule has 7 nitrogen and oxygen atoms in total. The van der Waals surface area contributed by atoms with Crippen LogP contribution in [0.2, 0.25) is 0 Å². The number of para-hydroxylation sites is 2. The van der Waals surface area contributed by atoms with Crippen molar-refractivity contribution in [2.75, 3.05) is 13.7 Å². The highest BCUT2D eigenvalue weighted by molar-refractivity contribution is 5.77. The van der Waals surface area contributed by atoms with E-state index in [4.69, 9.17) is 14.7 Å².